The van der Waals surface area contributed by atoms with E-state index in [1.165, 1.54) is 0 Å². The summed E-state index contributed by atoms with van der Waals surface area (Å²) >= 11 is 0. The van der Waals surface area contributed by atoms with Gasteiger partial charge in [-0.1, -0.05) is 60.7 Å². The molecule has 3 aromatic carbocycles. The van der Waals surface area contributed by atoms with Crippen molar-refractivity contribution in [3.63, 3.8) is 0 Å². The first-order valence-corrected chi connectivity index (χ1v) is 9.21. The normalized spacial score (nSPS) is 13.2. The number of hydrogen-bond acceptors (Lipinski definition) is 3. The Morgan fingerprint density at radius 1 is 0.783 bits per heavy atom. The summed E-state index contributed by atoms with van der Waals surface area (Å²) in [6, 6.07) is 26.1. The first kappa shape index (κ1) is 15.4. The third-order valence-corrected chi connectivity index (χ3v) is 5.91. The van der Waals surface area contributed by atoms with E-state index in [0.29, 0.717) is 22.9 Å². The van der Waals surface area contributed by atoms with Crippen LogP contribution in [0.1, 0.15) is 5.56 Å². The highest BCUT2D eigenvalue weighted by Crippen LogP contribution is 2.50. The number of nitrogens with two attached hydrogens (primary N) is 1. The average Bonchev–Trinajstić information content (AvgIpc) is 2.59. The zero-order chi connectivity index (χ0) is 16.1. The summed E-state index contributed by atoms with van der Waals surface area (Å²) in [5, 5.41) is 0.687. The molecule has 3 rings (SSSR count). The highest BCUT2D eigenvalue weighted by Gasteiger charge is 2.28. The van der Waals surface area contributed by atoms with Crippen molar-refractivity contribution in [3.05, 3.63) is 90.5 Å². The maximum atomic E-state index is 13.6. The maximum absolute atomic E-state index is 13.6. The van der Waals surface area contributed by atoms with E-state index >= 15 is 0 Å². The van der Waals surface area contributed by atoms with Crippen LogP contribution < -0.4 is 15.6 Å². The predicted octanol–water partition coefficient (Wildman–Crippen LogP) is 4.45. The lowest BCUT2D eigenvalue weighted by atomic mass is 10.2. The second kappa shape index (κ2) is 6.72. The lowest BCUT2D eigenvalue weighted by Gasteiger charge is -2.21. The molecular formula is C19H18NO2P. The molecule has 116 valence electrons. The van der Waals surface area contributed by atoms with Crippen molar-refractivity contribution in [2.75, 3.05) is 5.73 Å². The molecule has 0 radical (unpaired) electrons. The second-order valence-electron chi connectivity index (χ2n) is 5.28. The Hall–Kier alpha value is -2.51. The van der Waals surface area contributed by atoms with Crippen molar-refractivity contribution in [3.8, 4) is 5.75 Å². The molecule has 1 unspecified atom stereocenters. The minimum atomic E-state index is -3.12. The molecule has 23 heavy (non-hydrogen) atoms. The van der Waals surface area contributed by atoms with Gasteiger partial charge in [0.25, 0.3) is 7.37 Å². The molecule has 3 nitrogen and oxygen atoms in total. The molecular weight excluding hydrogens is 305 g/mol. The van der Waals surface area contributed by atoms with Gasteiger partial charge in [0.05, 0.1) is 11.8 Å². The molecule has 0 aliphatic heterocycles. The van der Waals surface area contributed by atoms with Gasteiger partial charge in [-0.05, 0) is 29.8 Å². The van der Waals surface area contributed by atoms with Gasteiger partial charge < -0.3 is 10.3 Å². The Kier molecular flexibility index (Phi) is 4.50. The molecule has 0 saturated carbocycles. The Balaban J connectivity index is 2.00. The van der Waals surface area contributed by atoms with Gasteiger partial charge in [0.15, 0.2) is 0 Å². The molecule has 0 spiro atoms. The minimum Gasteiger partial charge on any atom is -0.437 e. The molecule has 3 aromatic rings. The van der Waals surface area contributed by atoms with Gasteiger partial charge in [0.2, 0.25) is 0 Å². The highest BCUT2D eigenvalue weighted by molar-refractivity contribution is 7.66. The van der Waals surface area contributed by atoms with E-state index in [1.54, 1.807) is 12.1 Å². The Bertz CT molecular complexity index is 819. The average molecular weight is 323 g/mol. The van der Waals surface area contributed by atoms with Gasteiger partial charge >= 0.3 is 0 Å². The Labute approximate surface area is 136 Å². The molecule has 0 aliphatic rings. The van der Waals surface area contributed by atoms with Crippen LogP contribution in [-0.4, -0.2) is 0 Å². The summed E-state index contributed by atoms with van der Waals surface area (Å²) in [5.41, 5.74) is 7.40. The molecule has 0 aromatic heterocycles. The van der Waals surface area contributed by atoms with E-state index < -0.39 is 7.37 Å². The zero-order valence-corrected chi connectivity index (χ0v) is 13.5. The van der Waals surface area contributed by atoms with Gasteiger partial charge in [0, 0.05) is 5.30 Å². The number of nitrogen functional groups attached to an aromatic ring is 1. The lowest BCUT2D eigenvalue weighted by molar-refractivity contribution is 0.492. The summed E-state index contributed by atoms with van der Waals surface area (Å²) in [5.74, 6) is 0.454. The number of anilines is 1. The van der Waals surface area contributed by atoms with E-state index in [2.05, 4.69) is 0 Å². The van der Waals surface area contributed by atoms with Crippen LogP contribution in [0.3, 0.4) is 0 Å². The van der Waals surface area contributed by atoms with E-state index in [9.17, 15) is 4.57 Å². The largest absolute Gasteiger partial charge is 0.437 e. The van der Waals surface area contributed by atoms with Crippen LogP contribution in [-0.2, 0) is 10.7 Å². The minimum absolute atomic E-state index is 0.326. The molecule has 1 atom stereocenters. The van der Waals surface area contributed by atoms with E-state index in [1.807, 2.05) is 72.8 Å². The van der Waals surface area contributed by atoms with Crippen LogP contribution in [0.4, 0.5) is 5.69 Å². The van der Waals surface area contributed by atoms with Crippen molar-refractivity contribution < 1.29 is 9.09 Å². The Morgan fingerprint density at radius 3 is 2.00 bits per heavy atom. The fourth-order valence-electron chi connectivity index (χ4n) is 2.38. The topological polar surface area (TPSA) is 52.3 Å². The van der Waals surface area contributed by atoms with Crippen LogP contribution in [0.2, 0.25) is 0 Å². The second-order valence-corrected chi connectivity index (χ2v) is 7.64. The van der Waals surface area contributed by atoms with E-state index in [0.717, 1.165) is 5.56 Å². The van der Waals surface area contributed by atoms with Gasteiger partial charge in [0.1, 0.15) is 5.75 Å². The van der Waals surface area contributed by atoms with Crippen molar-refractivity contribution in [2.24, 2.45) is 0 Å². The number of rotatable bonds is 5. The van der Waals surface area contributed by atoms with Crippen LogP contribution in [0.25, 0.3) is 0 Å². The van der Waals surface area contributed by atoms with Gasteiger partial charge in [-0.25, -0.2) is 0 Å². The van der Waals surface area contributed by atoms with Gasteiger partial charge in [-0.15, -0.1) is 0 Å². The molecule has 0 heterocycles. The van der Waals surface area contributed by atoms with Crippen molar-refractivity contribution in [1.29, 1.82) is 0 Å². The van der Waals surface area contributed by atoms with Crippen molar-refractivity contribution in [1.82, 2.24) is 0 Å². The Morgan fingerprint density at radius 2 is 1.35 bits per heavy atom. The predicted molar refractivity (Wildman–Crippen MR) is 95.3 cm³/mol. The lowest BCUT2D eigenvalue weighted by Crippen LogP contribution is -2.12. The monoisotopic (exact) mass is 323 g/mol. The van der Waals surface area contributed by atoms with Gasteiger partial charge in [-0.2, -0.15) is 0 Å². The highest BCUT2D eigenvalue weighted by atomic mass is 31.2. The van der Waals surface area contributed by atoms with Gasteiger partial charge in [-0.3, -0.25) is 4.57 Å². The van der Waals surface area contributed by atoms with Crippen molar-refractivity contribution in [2.45, 2.75) is 6.16 Å². The summed E-state index contributed by atoms with van der Waals surface area (Å²) in [7, 11) is -3.12. The van der Waals surface area contributed by atoms with Crippen LogP contribution in [0, 0.1) is 0 Å². The smallest absolute Gasteiger partial charge is 0.281 e. The standard InChI is InChI=1S/C19H18NO2P/c20-18-13-7-8-14-19(18)22-23(21,17-11-5-2-6-12-17)15-16-9-3-1-4-10-16/h1-14H,15,20H2. The van der Waals surface area contributed by atoms with E-state index in [-0.39, 0.29) is 0 Å². The molecule has 2 N–H and O–H groups in total. The summed E-state index contributed by atoms with van der Waals surface area (Å²) < 4.78 is 19.6. The van der Waals surface area contributed by atoms with Crippen LogP contribution >= 0.6 is 7.37 Å². The summed E-state index contributed by atoms with van der Waals surface area (Å²) in [4.78, 5) is 0. The third kappa shape index (κ3) is 3.64. The SMILES string of the molecule is Nc1ccccc1OP(=O)(Cc1ccccc1)c1ccccc1. The molecule has 0 bridgehead atoms. The zero-order valence-electron chi connectivity index (χ0n) is 12.6. The van der Waals surface area contributed by atoms with E-state index in [4.69, 9.17) is 10.3 Å². The molecule has 0 saturated heterocycles. The fourth-order valence-corrected chi connectivity index (χ4v) is 4.53. The fraction of sp³-hybridized carbons (Fsp3) is 0.0526. The van der Waals surface area contributed by atoms with Crippen molar-refractivity contribution >= 4 is 18.4 Å². The first-order chi connectivity index (χ1) is 11.2. The summed E-state index contributed by atoms with van der Waals surface area (Å²) in [6.45, 7) is 0. The number of para-hydroxylation sites is 2. The van der Waals surface area contributed by atoms with Crippen LogP contribution in [0.15, 0.2) is 84.9 Å². The number of hydrogen-bond donors (Lipinski definition) is 1. The quantitative estimate of drug-likeness (QED) is 0.557. The number of benzene rings is 3. The first-order valence-electron chi connectivity index (χ1n) is 7.40. The summed E-state index contributed by atoms with van der Waals surface area (Å²) in [6.07, 6.45) is 0.326. The maximum Gasteiger partial charge on any atom is 0.281 e. The molecule has 4 heteroatoms. The molecule has 0 fully saturated rings. The van der Waals surface area contributed by atoms with Crippen LogP contribution in [0.5, 0.6) is 5.75 Å². The molecule has 0 aliphatic carbocycles. The molecule has 0 amide bonds. The third-order valence-electron chi connectivity index (χ3n) is 3.55.